The van der Waals surface area contributed by atoms with E-state index in [2.05, 4.69) is 6.92 Å². The Bertz CT molecular complexity index is 419. The molecule has 1 N–H and O–H groups in total. The van der Waals surface area contributed by atoms with E-state index in [9.17, 15) is 5.11 Å². The molecule has 0 unspecified atom stereocenters. The number of phenols is 1. The molecule has 1 aromatic carbocycles. The molecule has 0 aliphatic heterocycles. The van der Waals surface area contributed by atoms with Crippen LogP contribution in [0, 0.1) is 0 Å². The number of hydrogen-bond acceptors (Lipinski definition) is 1. The normalized spacial score (nSPS) is 10.7. The first-order valence-electron chi connectivity index (χ1n) is 11.6. The predicted molar refractivity (Wildman–Crippen MR) is 122 cm³/mol. The minimum Gasteiger partial charge on any atom is -0.508 e. The zero-order valence-corrected chi connectivity index (χ0v) is 20.5. The van der Waals surface area contributed by atoms with Crippen molar-refractivity contribution in [3.8, 4) is 5.75 Å². The maximum absolute atomic E-state index is 9.75. The molecule has 2 heteroatoms. The standard InChI is InChI=1S/C25H44O.Na/c1-2-3-4-5-6-7-8-9-10-11-12-13-14-15-16-17-18-21-24-22-19-20-23-25(24)26;/h19-20,22-23,26H,2-18,21H2,1H3;. The molecule has 0 aliphatic rings. The fourth-order valence-electron chi connectivity index (χ4n) is 3.76. The number of para-hydroxylation sites is 1. The van der Waals surface area contributed by atoms with E-state index in [1.807, 2.05) is 18.2 Å². The molecule has 0 saturated carbocycles. The summed E-state index contributed by atoms with van der Waals surface area (Å²) in [5.74, 6) is 0.462. The number of aryl methyl sites for hydroxylation is 1. The predicted octanol–water partition coefficient (Wildman–Crippen LogP) is 8.21. The van der Waals surface area contributed by atoms with E-state index < -0.39 is 0 Å². The van der Waals surface area contributed by atoms with Crippen molar-refractivity contribution < 1.29 is 5.11 Å². The molecule has 0 spiro atoms. The largest absolute Gasteiger partial charge is 0.508 e. The summed E-state index contributed by atoms with van der Waals surface area (Å²) in [5, 5.41) is 9.75. The summed E-state index contributed by atoms with van der Waals surface area (Å²) in [6.07, 6.45) is 25.0. The van der Waals surface area contributed by atoms with Crippen molar-refractivity contribution in [2.75, 3.05) is 0 Å². The topological polar surface area (TPSA) is 20.2 Å². The Kier molecular flexibility index (Phi) is 20.8. The molecule has 0 saturated heterocycles. The van der Waals surface area contributed by atoms with E-state index in [1.54, 1.807) is 6.07 Å². The fourth-order valence-corrected chi connectivity index (χ4v) is 3.76. The van der Waals surface area contributed by atoms with Gasteiger partial charge in [-0.2, -0.15) is 0 Å². The van der Waals surface area contributed by atoms with E-state index in [0.29, 0.717) is 5.75 Å². The minimum absolute atomic E-state index is 0. The molecular formula is C25H44NaO. The van der Waals surface area contributed by atoms with Gasteiger partial charge in [-0.05, 0) is 24.5 Å². The van der Waals surface area contributed by atoms with Crippen molar-refractivity contribution >= 4 is 29.6 Å². The van der Waals surface area contributed by atoms with Gasteiger partial charge in [0.25, 0.3) is 0 Å². The van der Waals surface area contributed by atoms with Gasteiger partial charge in [0.2, 0.25) is 0 Å². The Morgan fingerprint density at radius 2 is 0.926 bits per heavy atom. The van der Waals surface area contributed by atoms with E-state index in [-0.39, 0.29) is 29.6 Å². The number of rotatable bonds is 18. The summed E-state index contributed by atoms with van der Waals surface area (Å²) < 4.78 is 0. The van der Waals surface area contributed by atoms with Crippen molar-refractivity contribution in [2.45, 2.75) is 122 Å². The average molecular weight is 384 g/mol. The van der Waals surface area contributed by atoms with Crippen LogP contribution in [0.15, 0.2) is 24.3 Å². The van der Waals surface area contributed by atoms with Gasteiger partial charge >= 0.3 is 0 Å². The van der Waals surface area contributed by atoms with Crippen molar-refractivity contribution in [2.24, 2.45) is 0 Å². The van der Waals surface area contributed by atoms with Crippen LogP contribution in [-0.2, 0) is 6.42 Å². The summed E-state index contributed by atoms with van der Waals surface area (Å²) in [5.41, 5.74) is 1.11. The van der Waals surface area contributed by atoms with Crippen LogP contribution >= 0.6 is 0 Å². The molecule has 0 aromatic heterocycles. The van der Waals surface area contributed by atoms with E-state index in [4.69, 9.17) is 0 Å². The zero-order valence-electron chi connectivity index (χ0n) is 18.5. The van der Waals surface area contributed by atoms with Crippen LogP contribution in [0.5, 0.6) is 5.75 Å². The van der Waals surface area contributed by atoms with Gasteiger partial charge in [-0.3, -0.25) is 0 Å². The number of benzene rings is 1. The third-order valence-electron chi connectivity index (χ3n) is 5.54. The summed E-state index contributed by atoms with van der Waals surface area (Å²) in [6, 6.07) is 7.75. The van der Waals surface area contributed by atoms with Crippen LogP contribution in [0.4, 0.5) is 0 Å². The van der Waals surface area contributed by atoms with Crippen LogP contribution in [0.1, 0.15) is 122 Å². The van der Waals surface area contributed by atoms with Crippen LogP contribution < -0.4 is 0 Å². The van der Waals surface area contributed by atoms with Gasteiger partial charge in [0.1, 0.15) is 5.75 Å². The zero-order chi connectivity index (χ0) is 18.7. The first kappa shape index (κ1) is 27.0. The molecule has 0 aliphatic carbocycles. The van der Waals surface area contributed by atoms with Gasteiger partial charge < -0.3 is 5.11 Å². The summed E-state index contributed by atoms with van der Waals surface area (Å²) in [7, 11) is 0. The van der Waals surface area contributed by atoms with Gasteiger partial charge in [-0.25, -0.2) is 0 Å². The Labute approximate surface area is 192 Å². The maximum atomic E-state index is 9.75. The van der Waals surface area contributed by atoms with E-state index >= 15 is 0 Å². The molecule has 0 amide bonds. The molecular weight excluding hydrogens is 339 g/mol. The van der Waals surface area contributed by atoms with Crippen molar-refractivity contribution in [3.05, 3.63) is 29.8 Å². The first-order valence-corrected chi connectivity index (χ1v) is 11.6. The Balaban J connectivity index is 0.00000676. The molecule has 1 aromatic rings. The van der Waals surface area contributed by atoms with E-state index in [1.165, 1.54) is 109 Å². The van der Waals surface area contributed by atoms with Crippen LogP contribution in [0.25, 0.3) is 0 Å². The minimum atomic E-state index is 0. The maximum Gasteiger partial charge on any atom is 0.118 e. The van der Waals surface area contributed by atoms with Gasteiger partial charge in [-0.15, -0.1) is 0 Å². The SMILES string of the molecule is CCCCCCCCCCCCCCCCCCCc1ccccc1O.[Na]. The second kappa shape index (κ2) is 20.7. The summed E-state index contributed by atoms with van der Waals surface area (Å²) >= 11 is 0. The van der Waals surface area contributed by atoms with Crippen LogP contribution in [0.3, 0.4) is 0 Å². The molecule has 0 atom stereocenters. The second-order valence-corrected chi connectivity index (χ2v) is 8.04. The number of aromatic hydroxyl groups is 1. The van der Waals surface area contributed by atoms with Gasteiger partial charge in [0, 0.05) is 29.6 Å². The second-order valence-electron chi connectivity index (χ2n) is 8.04. The Morgan fingerprint density at radius 3 is 1.33 bits per heavy atom. The van der Waals surface area contributed by atoms with Gasteiger partial charge in [-0.1, -0.05) is 128 Å². The molecule has 151 valence electrons. The molecule has 0 bridgehead atoms. The summed E-state index contributed by atoms with van der Waals surface area (Å²) in [4.78, 5) is 0. The van der Waals surface area contributed by atoms with Gasteiger partial charge in [0.15, 0.2) is 0 Å². The quantitative estimate of drug-likeness (QED) is 0.200. The molecule has 27 heavy (non-hydrogen) atoms. The smallest absolute Gasteiger partial charge is 0.118 e. The third-order valence-corrected chi connectivity index (χ3v) is 5.54. The Hall–Kier alpha value is 0.0200. The molecule has 0 fully saturated rings. The first-order chi connectivity index (χ1) is 12.8. The third kappa shape index (κ3) is 16.7. The van der Waals surface area contributed by atoms with E-state index in [0.717, 1.165) is 12.0 Å². The monoisotopic (exact) mass is 383 g/mol. The fraction of sp³-hybridized carbons (Fsp3) is 0.760. The number of unbranched alkanes of at least 4 members (excludes halogenated alkanes) is 16. The molecule has 0 heterocycles. The molecule has 1 nitrogen and oxygen atoms in total. The van der Waals surface area contributed by atoms with Crippen LogP contribution in [-0.4, -0.2) is 34.7 Å². The van der Waals surface area contributed by atoms with Gasteiger partial charge in [0.05, 0.1) is 0 Å². The molecule has 1 rings (SSSR count). The van der Waals surface area contributed by atoms with Crippen LogP contribution in [0.2, 0.25) is 0 Å². The van der Waals surface area contributed by atoms with Crippen molar-refractivity contribution in [3.63, 3.8) is 0 Å². The summed E-state index contributed by atoms with van der Waals surface area (Å²) in [6.45, 7) is 2.29. The molecule has 1 radical (unpaired) electrons. The average Bonchev–Trinajstić information content (AvgIpc) is 2.65. The number of phenolic OH excluding ortho intramolecular Hbond substituents is 1. The number of hydrogen-bond donors (Lipinski definition) is 1. The van der Waals surface area contributed by atoms with Crippen molar-refractivity contribution in [1.82, 2.24) is 0 Å². The van der Waals surface area contributed by atoms with Crippen molar-refractivity contribution in [1.29, 1.82) is 0 Å². The Morgan fingerprint density at radius 1 is 0.556 bits per heavy atom.